The number of carbonyl (C=O) groups is 2. The minimum Gasteiger partial charge on any atom is -0.481 e. The summed E-state index contributed by atoms with van der Waals surface area (Å²) in [4.78, 5) is 21.8. The van der Waals surface area contributed by atoms with Crippen LogP contribution in [0.4, 0.5) is 52.7 Å². The van der Waals surface area contributed by atoms with E-state index in [9.17, 15) is 62.3 Å². The first-order valence-corrected chi connectivity index (χ1v) is 5.96. The maximum atomic E-state index is 12.9. The molecule has 4 nitrogen and oxygen atoms in total. The molecule has 0 unspecified atom stereocenters. The largest absolute Gasteiger partial charge is 0.481 e. The van der Waals surface area contributed by atoms with Gasteiger partial charge in [-0.15, -0.1) is 0 Å². The van der Waals surface area contributed by atoms with Crippen LogP contribution in [0, 0.1) is 17.3 Å². The van der Waals surface area contributed by atoms with E-state index in [1.807, 2.05) is 6.58 Å². The molecular formula is C11H6F12O4. The van der Waals surface area contributed by atoms with Crippen LogP contribution in [0.15, 0.2) is 12.2 Å². The quantitative estimate of drug-likeness (QED) is 0.507. The van der Waals surface area contributed by atoms with Crippen molar-refractivity contribution in [2.75, 3.05) is 0 Å². The van der Waals surface area contributed by atoms with Crippen LogP contribution in [-0.2, 0) is 9.59 Å². The first-order valence-electron chi connectivity index (χ1n) is 5.96. The van der Waals surface area contributed by atoms with E-state index in [0.717, 1.165) is 0 Å². The summed E-state index contributed by atoms with van der Waals surface area (Å²) in [6, 6.07) is 0. The van der Waals surface area contributed by atoms with Gasteiger partial charge in [0.25, 0.3) is 0 Å². The summed E-state index contributed by atoms with van der Waals surface area (Å²) in [5.74, 6) is -19.0. The van der Waals surface area contributed by atoms with Crippen LogP contribution in [0.2, 0.25) is 0 Å². The molecule has 0 saturated carbocycles. The van der Waals surface area contributed by atoms with Gasteiger partial charge >= 0.3 is 36.6 Å². The van der Waals surface area contributed by atoms with Gasteiger partial charge in [0.1, 0.15) is 5.41 Å². The van der Waals surface area contributed by atoms with Gasteiger partial charge in [-0.05, 0) is 0 Å². The van der Waals surface area contributed by atoms with Crippen molar-refractivity contribution in [2.24, 2.45) is 17.3 Å². The molecule has 2 N–H and O–H groups in total. The third kappa shape index (κ3) is 4.58. The van der Waals surface area contributed by atoms with E-state index in [1.54, 1.807) is 0 Å². The highest BCUT2D eigenvalue weighted by molar-refractivity contribution is 5.97. The molecule has 0 aliphatic carbocycles. The number of hydrogen-bond donors (Lipinski definition) is 2. The first-order chi connectivity index (χ1) is 11.5. The van der Waals surface area contributed by atoms with E-state index >= 15 is 0 Å². The van der Waals surface area contributed by atoms with Crippen molar-refractivity contribution in [3.05, 3.63) is 12.2 Å². The maximum Gasteiger partial charge on any atom is 0.401 e. The van der Waals surface area contributed by atoms with Crippen LogP contribution in [-0.4, -0.2) is 46.9 Å². The molecule has 0 bridgehead atoms. The normalized spacial score (nSPS) is 14.6. The second-order valence-corrected chi connectivity index (χ2v) is 4.99. The van der Waals surface area contributed by atoms with Gasteiger partial charge in [-0.2, -0.15) is 52.7 Å². The van der Waals surface area contributed by atoms with Gasteiger partial charge in [-0.1, -0.05) is 6.58 Å². The highest BCUT2D eigenvalue weighted by Gasteiger charge is 2.81. The van der Waals surface area contributed by atoms with Crippen molar-refractivity contribution < 1.29 is 72.5 Å². The van der Waals surface area contributed by atoms with Gasteiger partial charge in [0.05, 0.1) is 0 Å². The van der Waals surface area contributed by atoms with Crippen LogP contribution in [0.5, 0.6) is 0 Å². The highest BCUT2D eigenvalue weighted by Crippen LogP contribution is 2.62. The minimum atomic E-state index is -7.08. The van der Waals surface area contributed by atoms with Crippen LogP contribution < -0.4 is 0 Å². The smallest absolute Gasteiger partial charge is 0.401 e. The summed E-state index contributed by atoms with van der Waals surface area (Å²) < 4.78 is 155. The fourth-order valence-corrected chi connectivity index (χ4v) is 2.47. The zero-order valence-corrected chi connectivity index (χ0v) is 12.1. The zero-order valence-electron chi connectivity index (χ0n) is 12.1. The Morgan fingerprint density at radius 3 is 0.963 bits per heavy atom. The number of carboxylic acids is 2. The zero-order chi connectivity index (χ0) is 22.4. The van der Waals surface area contributed by atoms with E-state index in [1.165, 1.54) is 0 Å². The molecule has 0 radical (unpaired) electrons. The first kappa shape index (κ1) is 24.8. The molecule has 0 heterocycles. The Balaban J connectivity index is 7.66. The molecule has 0 saturated heterocycles. The number of halogens is 12. The lowest BCUT2D eigenvalue weighted by Crippen LogP contribution is -2.64. The fourth-order valence-electron chi connectivity index (χ4n) is 2.47. The van der Waals surface area contributed by atoms with Gasteiger partial charge < -0.3 is 10.2 Å². The van der Waals surface area contributed by atoms with Crippen molar-refractivity contribution in [2.45, 2.75) is 24.7 Å². The summed E-state index contributed by atoms with van der Waals surface area (Å²) in [5.41, 5.74) is -9.23. The van der Waals surface area contributed by atoms with Crippen LogP contribution in [0.1, 0.15) is 0 Å². The number of hydrogen-bond acceptors (Lipinski definition) is 2. The number of alkyl halides is 12. The van der Waals surface area contributed by atoms with Crippen molar-refractivity contribution in [1.82, 2.24) is 0 Å². The summed E-state index contributed by atoms with van der Waals surface area (Å²) in [7, 11) is 0. The summed E-state index contributed by atoms with van der Waals surface area (Å²) in [6.07, 6.45) is -28.3. The Morgan fingerprint density at radius 1 is 0.630 bits per heavy atom. The van der Waals surface area contributed by atoms with Gasteiger partial charge in [-0.3, -0.25) is 4.79 Å². The van der Waals surface area contributed by atoms with E-state index in [4.69, 9.17) is 10.2 Å². The fraction of sp³-hybridized carbons (Fsp3) is 0.636. The summed E-state index contributed by atoms with van der Waals surface area (Å²) in [5, 5.41) is 17.2. The molecule has 0 aromatic rings. The highest BCUT2D eigenvalue weighted by atomic mass is 19.4. The Hall–Kier alpha value is -2.16. The molecule has 0 aliphatic rings. The van der Waals surface area contributed by atoms with Gasteiger partial charge in [-0.25, -0.2) is 4.79 Å². The second-order valence-electron chi connectivity index (χ2n) is 4.99. The van der Waals surface area contributed by atoms with E-state index in [0.29, 0.717) is 0 Å². The molecule has 0 aromatic carbocycles. The predicted molar refractivity (Wildman–Crippen MR) is 58.0 cm³/mol. The van der Waals surface area contributed by atoms with Gasteiger partial charge in [0, 0.05) is 5.57 Å². The molecule has 0 aliphatic heterocycles. The van der Waals surface area contributed by atoms with Crippen LogP contribution in [0.3, 0.4) is 0 Å². The Labute approximate surface area is 140 Å². The van der Waals surface area contributed by atoms with Crippen LogP contribution in [0.25, 0.3) is 0 Å². The van der Waals surface area contributed by atoms with E-state index in [2.05, 4.69) is 0 Å². The molecule has 0 aromatic heterocycles. The van der Waals surface area contributed by atoms with Crippen molar-refractivity contribution in [3.8, 4) is 0 Å². The van der Waals surface area contributed by atoms with Crippen molar-refractivity contribution in [1.29, 1.82) is 0 Å². The van der Waals surface area contributed by atoms with Crippen LogP contribution >= 0.6 is 0 Å². The standard InChI is InChI=1S/C11H6F12O4/c1-2(3(24)25)7(6(26)27,4(8(12,13)14)9(15,16)17)5(10(18,19)20)11(21,22)23/h4-5H,1H2,(H,24,25)(H,26,27). The maximum absolute atomic E-state index is 12.9. The molecule has 0 rings (SSSR count). The lowest BCUT2D eigenvalue weighted by molar-refractivity contribution is -0.362. The van der Waals surface area contributed by atoms with Gasteiger partial charge in [0.2, 0.25) is 0 Å². The molecule has 158 valence electrons. The molecule has 0 fully saturated rings. The number of carboxylic acid groups (broad SMARTS) is 2. The summed E-state index contributed by atoms with van der Waals surface area (Å²) in [6.45, 7) is 1.86. The monoisotopic (exact) mass is 430 g/mol. The van der Waals surface area contributed by atoms with Crippen molar-refractivity contribution in [3.63, 3.8) is 0 Å². The van der Waals surface area contributed by atoms with Crippen molar-refractivity contribution >= 4 is 11.9 Å². The third-order valence-corrected chi connectivity index (χ3v) is 3.33. The molecule has 16 heteroatoms. The average molecular weight is 430 g/mol. The lowest BCUT2D eigenvalue weighted by Gasteiger charge is -2.44. The topological polar surface area (TPSA) is 74.6 Å². The molecule has 27 heavy (non-hydrogen) atoms. The third-order valence-electron chi connectivity index (χ3n) is 3.33. The SMILES string of the molecule is C=C(C(=O)O)C(C(=O)O)(C(C(F)(F)F)C(F)(F)F)C(C(F)(F)F)C(F)(F)F. The Bertz CT molecular complexity index is 549. The minimum absolute atomic E-state index is 1.86. The Morgan fingerprint density at radius 2 is 0.852 bits per heavy atom. The summed E-state index contributed by atoms with van der Waals surface area (Å²) >= 11 is 0. The Kier molecular flexibility index (Phi) is 6.23. The molecule has 0 atom stereocenters. The number of rotatable bonds is 5. The molecular weight excluding hydrogens is 424 g/mol. The average Bonchev–Trinajstić information content (AvgIpc) is 2.28. The molecule has 0 amide bonds. The lowest BCUT2D eigenvalue weighted by atomic mass is 9.60. The molecule has 0 spiro atoms. The van der Waals surface area contributed by atoms with E-state index < -0.39 is 59.5 Å². The predicted octanol–water partition coefficient (Wildman–Crippen LogP) is 4.18. The van der Waals surface area contributed by atoms with Gasteiger partial charge in [0.15, 0.2) is 11.8 Å². The van der Waals surface area contributed by atoms with E-state index in [-0.39, 0.29) is 0 Å². The second kappa shape index (κ2) is 6.78. The number of aliphatic carboxylic acids is 2.